The van der Waals surface area contributed by atoms with Gasteiger partial charge in [0.05, 0.1) is 24.9 Å². The number of anilines is 2. The molecule has 4 rings (SSSR count). The van der Waals surface area contributed by atoms with Gasteiger partial charge in [-0.2, -0.15) is 0 Å². The van der Waals surface area contributed by atoms with E-state index in [2.05, 4.69) is 57.4 Å². The number of carbonyl (C=O) groups is 1. The highest BCUT2D eigenvalue weighted by Crippen LogP contribution is 2.23. The number of rotatable bonds is 9. The largest absolute Gasteiger partial charge is 0.378 e. The highest BCUT2D eigenvalue weighted by molar-refractivity contribution is 7.99. The molecule has 0 unspecified atom stereocenters. The zero-order chi connectivity index (χ0) is 23.2. The van der Waals surface area contributed by atoms with E-state index in [9.17, 15) is 4.79 Å². The average Bonchev–Trinajstić information content (AvgIpc) is 3.42. The van der Waals surface area contributed by atoms with Gasteiger partial charge in [-0.3, -0.25) is 4.79 Å². The first kappa shape index (κ1) is 23.6. The van der Waals surface area contributed by atoms with E-state index in [0.717, 1.165) is 31.0 Å². The molecule has 1 saturated heterocycles. The van der Waals surface area contributed by atoms with Crippen LogP contribution in [0.3, 0.4) is 0 Å². The van der Waals surface area contributed by atoms with Crippen LogP contribution in [0.15, 0.2) is 47.6 Å². The third-order valence-electron chi connectivity index (χ3n) is 5.46. The maximum Gasteiger partial charge on any atom is 0.234 e. The van der Waals surface area contributed by atoms with Crippen molar-refractivity contribution in [1.82, 2.24) is 14.8 Å². The van der Waals surface area contributed by atoms with Crippen LogP contribution in [0.1, 0.15) is 29.8 Å². The molecule has 7 nitrogen and oxygen atoms in total. The normalized spacial score (nSPS) is 15.5. The molecule has 33 heavy (non-hydrogen) atoms. The number of aromatic nitrogens is 3. The first-order chi connectivity index (χ1) is 16.0. The van der Waals surface area contributed by atoms with E-state index in [1.165, 1.54) is 22.9 Å². The van der Waals surface area contributed by atoms with Gasteiger partial charge in [-0.15, -0.1) is 10.2 Å². The van der Waals surface area contributed by atoms with Gasteiger partial charge in [0.2, 0.25) is 5.91 Å². The number of carbonyl (C=O) groups excluding carboxylic acids is 1. The minimum atomic E-state index is -0.121. The van der Waals surface area contributed by atoms with Gasteiger partial charge in [0.15, 0.2) is 11.0 Å². The van der Waals surface area contributed by atoms with Crippen LogP contribution in [-0.2, 0) is 22.6 Å². The molecule has 2 heterocycles. The summed E-state index contributed by atoms with van der Waals surface area (Å²) in [6.45, 7) is 6.18. The molecular formula is C24H28ClN5O2S. The zero-order valence-corrected chi connectivity index (χ0v) is 20.4. The van der Waals surface area contributed by atoms with Crippen molar-refractivity contribution in [1.29, 1.82) is 0 Å². The summed E-state index contributed by atoms with van der Waals surface area (Å²) in [7, 11) is 0. The second kappa shape index (κ2) is 11.0. The van der Waals surface area contributed by atoms with Crippen molar-refractivity contribution >= 4 is 40.6 Å². The van der Waals surface area contributed by atoms with Crippen LogP contribution >= 0.6 is 23.4 Å². The van der Waals surface area contributed by atoms with Gasteiger partial charge in [0.1, 0.15) is 0 Å². The van der Waals surface area contributed by atoms with E-state index >= 15 is 0 Å². The molecule has 0 saturated carbocycles. The number of nitrogens with one attached hydrogen (secondary N) is 2. The number of hydrogen-bond donors (Lipinski definition) is 2. The van der Waals surface area contributed by atoms with Gasteiger partial charge in [0, 0.05) is 23.0 Å². The van der Waals surface area contributed by atoms with E-state index in [0.29, 0.717) is 29.0 Å². The van der Waals surface area contributed by atoms with E-state index in [1.807, 2.05) is 6.07 Å². The Labute approximate surface area is 203 Å². The molecular weight excluding hydrogens is 458 g/mol. The summed E-state index contributed by atoms with van der Waals surface area (Å²) in [5.41, 5.74) is 4.16. The van der Waals surface area contributed by atoms with Crippen LogP contribution < -0.4 is 10.6 Å². The fourth-order valence-electron chi connectivity index (χ4n) is 3.81. The molecule has 1 aliphatic rings. The van der Waals surface area contributed by atoms with E-state index in [-0.39, 0.29) is 17.8 Å². The van der Waals surface area contributed by atoms with Crippen LogP contribution in [0.5, 0.6) is 0 Å². The van der Waals surface area contributed by atoms with E-state index in [1.54, 1.807) is 18.2 Å². The fraction of sp³-hybridized carbons (Fsp3) is 0.375. The van der Waals surface area contributed by atoms with Gasteiger partial charge in [-0.1, -0.05) is 47.1 Å². The number of aryl methyl sites for hydroxylation is 2. The number of halogens is 1. The second-order valence-corrected chi connectivity index (χ2v) is 9.54. The molecule has 2 N–H and O–H groups in total. The Hall–Kier alpha value is -2.55. The summed E-state index contributed by atoms with van der Waals surface area (Å²) < 4.78 is 7.92. The highest BCUT2D eigenvalue weighted by Gasteiger charge is 2.21. The van der Waals surface area contributed by atoms with Crippen molar-refractivity contribution in [3.05, 3.63) is 64.4 Å². The Morgan fingerprint density at radius 2 is 2.12 bits per heavy atom. The summed E-state index contributed by atoms with van der Waals surface area (Å²) in [6.07, 6.45) is 2.22. The van der Waals surface area contributed by atoms with Crippen molar-refractivity contribution in [2.75, 3.05) is 23.0 Å². The lowest BCUT2D eigenvalue weighted by molar-refractivity contribution is -0.113. The molecule has 1 atom stereocenters. The summed E-state index contributed by atoms with van der Waals surface area (Å²) in [5, 5.41) is 16.4. The minimum Gasteiger partial charge on any atom is -0.378 e. The van der Waals surface area contributed by atoms with Crippen LogP contribution in [0.4, 0.5) is 11.4 Å². The second-order valence-electron chi connectivity index (χ2n) is 8.16. The average molecular weight is 486 g/mol. The Bertz CT molecular complexity index is 1110. The maximum atomic E-state index is 12.5. The number of amides is 1. The molecule has 0 radical (unpaired) electrons. The molecule has 2 aromatic carbocycles. The molecule has 9 heteroatoms. The first-order valence-corrected chi connectivity index (χ1v) is 12.4. The van der Waals surface area contributed by atoms with Gasteiger partial charge in [-0.05, 0) is 56.5 Å². The van der Waals surface area contributed by atoms with Crippen molar-refractivity contribution in [3.8, 4) is 0 Å². The van der Waals surface area contributed by atoms with Crippen molar-refractivity contribution in [2.24, 2.45) is 0 Å². The lowest BCUT2D eigenvalue weighted by atomic mass is 10.1. The third kappa shape index (κ3) is 6.50. The predicted molar refractivity (Wildman–Crippen MR) is 133 cm³/mol. The van der Waals surface area contributed by atoms with Gasteiger partial charge in [0.25, 0.3) is 0 Å². The number of thioether (sulfide) groups is 1. The Balaban J connectivity index is 1.43. The van der Waals surface area contributed by atoms with Gasteiger partial charge in [-0.25, -0.2) is 0 Å². The number of nitrogens with zero attached hydrogens (tertiary/aromatic N) is 3. The Morgan fingerprint density at radius 1 is 1.24 bits per heavy atom. The Kier molecular flexibility index (Phi) is 7.90. The molecule has 1 amide bonds. The van der Waals surface area contributed by atoms with Crippen molar-refractivity contribution < 1.29 is 9.53 Å². The van der Waals surface area contributed by atoms with Crippen LogP contribution in [-0.4, -0.2) is 39.1 Å². The summed E-state index contributed by atoms with van der Waals surface area (Å²) in [4.78, 5) is 12.5. The smallest absolute Gasteiger partial charge is 0.234 e. The summed E-state index contributed by atoms with van der Waals surface area (Å²) in [5.74, 6) is 0.924. The number of ether oxygens (including phenoxy) is 1. The van der Waals surface area contributed by atoms with Crippen molar-refractivity contribution in [3.63, 3.8) is 0 Å². The van der Waals surface area contributed by atoms with E-state index in [4.69, 9.17) is 16.3 Å². The quantitative estimate of drug-likeness (QED) is 0.412. The molecule has 0 bridgehead atoms. The van der Waals surface area contributed by atoms with Gasteiger partial charge < -0.3 is 19.9 Å². The van der Waals surface area contributed by atoms with Crippen LogP contribution in [0.25, 0.3) is 0 Å². The highest BCUT2D eigenvalue weighted by atomic mass is 35.5. The van der Waals surface area contributed by atoms with Crippen LogP contribution in [0.2, 0.25) is 5.02 Å². The lowest BCUT2D eigenvalue weighted by Crippen LogP contribution is -2.20. The number of benzene rings is 2. The maximum absolute atomic E-state index is 12.5. The van der Waals surface area contributed by atoms with E-state index < -0.39 is 0 Å². The lowest BCUT2D eigenvalue weighted by Gasteiger charge is -2.16. The topological polar surface area (TPSA) is 81.1 Å². The van der Waals surface area contributed by atoms with Crippen molar-refractivity contribution in [2.45, 2.75) is 51.0 Å². The summed E-state index contributed by atoms with van der Waals surface area (Å²) >= 11 is 7.37. The Morgan fingerprint density at radius 3 is 2.88 bits per heavy atom. The fourth-order valence-corrected chi connectivity index (χ4v) is 4.77. The SMILES string of the molecule is Cc1ccc(NCc2nnc(SCC(=O)Nc3cccc(Cl)c3)n2C[C@@H]2CCCO2)c(C)c1. The molecule has 3 aromatic rings. The standard InChI is InChI=1S/C24H28ClN5O2S/c1-16-8-9-21(17(2)11-16)26-13-22-28-29-24(30(22)14-20-7-4-10-32-20)33-15-23(31)27-19-6-3-5-18(25)12-19/h3,5-6,8-9,11-12,20,26H,4,7,10,13-15H2,1-2H3,(H,27,31)/t20-/m0/s1. The monoisotopic (exact) mass is 485 g/mol. The molecule has 1 aromatic heterocycles. The molecule has 0 aliphatic carbocycles. The predicted octanol–water partition coefficient (Wildman–Crippen LogP) is 5.07. The molecule has 174 valence electrons. The molecule has 0 spiro atoms. The molecule has 1 aliphatic heterocycles. The first-order valence-electron chi connectivity index (χ1n) is 11.0. The minimum absolute atomic E-state index is 0.121. The molecule has 1 fully saturated rings. The van der Waals surface area contributed by atoms with Crippen LogP contribution in [0, 0.1) is 13.8 Å². The zero-order valence-electron chi connectivity index (χ0n) is 18.8. The third-order valence-corrected chi connectivity index (χ3v) is 6.67. The number of hydrogen-bond acceptors (Lipinski definition) is 6. The summed E-state index contributed by atoms with van der Waals surface area (Å²) in [6, 6.07) is 13.4. The van der Waals surface area contributed by atoms with Gasteiger partial charge >= 0.3 is 0 Å².